The molecule has 0 bridgehead atoms. The predicted molar refractivity (Wildman–Crippen MR) is 86.8 cm³/mol. The van der Waals surface area contributed by atoms with Gasteiger partial charge in [-0.25, -0.2) is 13.6 Å². The van der Waals surface area contributed by atoms with Crippen molar-refractivity contribution < 1.29 is 13.6 Å². The summed E-state index contributed by atoms with van der Waals surface area (Å²) in [5.74, 6) is -2.39. The molecule has 0 aliphatic rings. The number of hydrogen-bond donors (Lipinski definition) is 1. The maximum atomic E-state index is 13.1. The topological polar surface area (TPSA) is 56.0 Å². The summed E-state index contributed by atoms with van der Waals surface area (Å²) in [6, 6.07) is 10.4. The number of fused-ring (bicyclic) bond motifs is 1. The Morgan fingerprint density at radius 2 is 1.79 bits per heavy atom. The Labute approximate surface area is 136 Å². The SMILES string of the molecule is Cn1c(=O)n(CCC(=O)Nc2ccc(F)c(F)c2)c2ccccc21. The van der Waals surface area contributed by atoms with Crippen LogP contribution in [0, 0.1) is 11.6 Å². The van der Waals surface area contributed by atoms with Crippen molar-refractivity contribution in [3.05, 3.63) is 64.6 Å². The van der Waals surface area contributed by atoms with Crippen LogP contribution < -0.4 is 11.0 Å². The molecular formula is C17H15F2N3O2. The number of benzene rings is 2. The van der Waals surface area contributed by atoms with Gasteiger partial charge in [-0.3, -0.25) is 13.9 Å². The maximum Gasteiger partial charge on any atom is 0.328 e. The molecule has 1 N–H and O–H groups in total. The van der Waals surface area contributed by atoms with E-state index in [0.717, 1.165) is 23.2 Å². The van der Waals surface area contributed by atoms with Gasteiger partial charge in [-0.1, -0.05) is 12.1 Å². The summed E-state index contributed by atoms with van der Waals surface area (Å²) in [6.07, 6.45) is 0.0346. The van der Waals surface area contributed by atoms with Crippen LogP contribution in [0.25, 0.3) is 11.0 Å². The van der Waals surface area contributed by atoms with Gasteiger partial charge < -0.3 is 5.32 Å². The fourth-order valence-electron chi connectivity index (χ4n) is 2.59. The number of halogens is 2. The summed E-state index contributed by atoms with van der Waals surface area (Å²) in [5, 5.41) is 2.49. The molecule has 0 saturated heterocycles. The molecule has 1 aromatic heterocycles. The van der Waals surface area contributed by atoms with Crippen LogP contribution in [0.3, 0.4) is 0 Å². The van der Waals surface area contributed by atoms with E-state index in [1.807, 2.05) is 24.3 Å². The molecule has 0 spiro atoms. The van der Waals surface area contributed by atoms with E-state index < -0.39 is 11.6 Å². The Kier molecular flexibility index (Phi) is 4.16. The molecule has 124 valence electrons. The van der Waals surface area contributed by atoms with Crippen LogP contribution in [0.5, 0.6) is 0 Å². The summed E-state index contributed by atoms with van der Waals surface area (Å²) >= 11 is 0. The number of anilines is 1. The lowest BCUT2D eigenvalue weighted by atomic mass is 10.2. The van der Waals surface area contributed by atoms with Crippen LogP contribution in [0.2, 0.25) is 0 Å². The average Bonchev–Trinajstić information content (AvgIpc) is 2.81. The van der Waals surface area contributed by atoms with E-state index >= 15 is 0 Å². The molecule has 7 heteroatoms. The average molecular weight is 331 g/mol. The van der Waals surface area contributed by atoms with E-state index in [1.165, 1.54) is 15.2 Å². The number of aromatic nitrogens is 2. The molecule has 3 aromatic rings. The van der Waals surface area contributed by atoms with Crippen LogP contribution in [0.15, 0.2) is 47.3 Å². The highest BCUT2D eigenvalue weighted by atomic mass is 19.2. The largest absolute Gasteiger partial charge is 0.328 e. The Morgan fingerprint density at radius 3 is 2.50 bits per heavy atom. The lowest BCUT2D eigenvalue weighted by Gasteiger charge is -2.06. The second-order valence-corrected chi connectivity index (χ2v) is 5.41. The van der Waals surface area contributed by atoms with Crippen molar-refractivity contribution in [3.8, 4) is 0 Å². The maximum absolute atomic E-state index is 13.1. The second kappa shape index (κ2) is 6.27. The lowest BCUT2D eigenvalue weighted by molar-refractivity contribution is -0.116. The van der Waals surface area contributed by atoms with Gasteiger partial charge >= 0.3 is 5.69 Å². The zero-order chi connectivity index (χ0) is 17.3. The van der Waals surface area contributed by atoms with Crippen LogP contribution in [-0.2, 0) is 18.4 Å². The molecule has 3 rings (SSSR count). The fraction of sp³-hybridized carbons (Fsp3) is 0.176. The minimum atomic E-state index is -1.03. The first-order valence-corrected chi connectivity index (χ1v) is 7.36. The molecule has 0 fully saturated rings. The molecule has 0 aliphatic heterocycles. The van der Waals surface area contributed by atoms with Crippen molar-refractivity contribution in [2.24, 2.45) is 7.05 Å². The Hall–Kier alpha value is -2.96. The molecule has 0 unspecified atom stereocenters. The number of aryl methyl sites for hydroxylation is 2. The number of para-hydroxylation sites is 2. The van der Waals surface area contributed by atoms with Gasteiger partial charge in [-0.15, -0.1) is 0 Å². The van der Waals surface area contributed by atoms with Crippen molar-refractivity contribution >= 4 is 22.6 Å². The van der Waals surface area contributed by atoms with Gasteiger partial charge in [0.05, 0.1) is 11.0 Å². The summed E-state index contributed by atoms with van der Waals surface area (Å²) < 4.78 is 29.0. The van der Waals surface area contributed by atoms with Crippen molar-refractivity contribution in [2.45, 2.75) is 13.0 Å². The molecule has 24 heavy (non-hydrogen) atoms. The van der Waals surface area contributed by atoms with E-state index in [4.69, 9.17) is 0 Å². The summed E-state index contributed by atoms with van der Waals surface area (Å²) in [6.45, 7) is 0.190. The first kappa shape index (κ1) is 15.9. The van der Waals surface area contributed by atoms with E-state index in [2.05, 4.69) is 5.32 Å². The molecule has 0 atom stereocenters. The quantitative estimate of drug-likeness (QED) is 0.799. The van der Waals surface area contributed by atoms with Gasteiger partial charge in [0.15, 0.2) is 11.6 Å². The Morgan fingerprint density at radius 1 is 1.08 bits per heavy atom. The van der Waals surface area contributed by atoms with Gasteiger partial charge in [0, 0.05) is 31.8 Å². The van der Waals surface area contributed by atoms with Crippen LogP contribution in [-0.4, -0.2) is 15.0 Å². The number of carbonyl (C=O) groups excluding carboxylic acids is 1. The van der Waals surface area contributed by atoms with Gasteiger partial charge in [0.25, 0.3) is 0 Å². The molecule has 0 saturated carbocycles. The fourth-order valence-corrected chi connectivity index (χ4v) is 2.59. The number of nitrogens with one attached hydrogen (secondary N) is 1. The van der Waals surface area contributed by atoms with Crippen LogP contribution >= 0.6 is 0 Å². The minimum absolute atomic E-state index is 0.0346. The molecule has 0 radical (unpaired) electrons. The monoisotopic (exact) mass is 331 g/mol. The third kappa shape index (κ3) is 2.92. The number of rotatable bonds is 4. The van der Waals surface area contributed by atoms with Gasteiger partial charge in [0.1, 0.15) is 0 Å². The van der Waals surface area contributed by atoms with E-state index in [-0.39, 0.29) is 30.2 Å². The smallest absolute Gasteiger partial charge is 0.326 e. The van der Waals surface area contributed by atoms with Crippen LogP contribution in [0.1, 0.15) is 6.42 Å². The molecule has 0 aliphatic carbocycles. The van der Waals surface area contributed by atoms with E-state index in [0.29, 0.717) is 0 Å². The Bertz CT molecular complexity index is 976. The molecule has 2 aromatic carbocycles. The zero-order valence-corrected chi connectivity index (χ0v) is 12.9. The van der Waals surface area contributed by atoms with E-state index in [1.54, 1.807) is 7.05 Å². The minimum Gasteiger partial charge on any atom is -0.326 e. The zero-order valence-electron chi connectivity index (χ0n) is 12.9. The predicted octanol–water partition coefficient (Wildman–Crippen LogP) is 2.65. The highest BCUT2D eigenvalue weighted by molar-refractivity contribution is 5.90. The van der Waals surface area contributed by atoms with Crippen molar-refractivity contribution in [1.82, 2.24) is 9.13 Å². The summed E-state index contributed by atoms with van der Waals surface area (Å²) in [5.41, 5.74) is 1.48. The highest BCUT2D eigenvalue weighted by Crippen LogP contribution is 2.14. The number of nitrogens with zero attached hydrogens (tertiary/aromatic N) is 2. The van der Waals surface area contributed by atoms with Gasteiger partial charge in [-0.2, -0.15) is 0 Å². The molecule has 1 heterocycles. The van der Waals surface area contributed by atoms with E-state index in [9.17, 15) is 18.4 Å². The first-order chi connectivity index (χ1) is 11.5. The van der Waals surface area contributed by atoms with Crippen molar-refractivity contribution in [1.29, 1.82) is 0 Å². The standard InChI is InChI=1S/C17H15F2N3O2/c1-21-14-4-2-3-5-15(14)22(17(21)24)9-8-16(23)20-11-6-7-12(18)13(19)10-11/h2-7,10H,8-9H2,1H3,(H,20,23). The van der Waals surface area contributed by atoms with Gasteiger partial charge in [-0.05, 0) is 24.3 Å². The normalized spacial score (nSPS) is 11.0. The van der Waals surface area contributed by atoms with Crippen molar-refractivity contribution in [3.63, 3.8) is 0 Å². The number of hydrogen-bond acceptors (Lipinski definition) is 2. The molecule has 1 amide bonds. The summed E-state index contributed by atoms with van der Waals surface area (Å²) in [4.78, 5) is 24.2. The second-order valence-electron chi connectivity index (χ2n) is 5.41. The molecular weight excluding hydrogens is 316 g/mol. The number of imidazole rings is 1. The van der Waals surface area contributed by atoms with Crippen LogP contribution in [0.4, 0.5) is 14.5 Å². The lowest BCUT2D eigenvalue weighted by Crippen LogP contribution is -2.24. The number of amides is 1. The Balaban J connectivity index is 1.74. The highest BCUT2D eigenvalue weighted by Gasteiger charge is 2.12. The number of carbonyl (C=O) groups is 1. The van der Waals surface area contributed by atoms with Gasteiger partial charge in [0.2, 0.25) is 5.91 Å². The first-order valence-electron chi connectivity index (χ1n) is 7.36. The third-order valence-electron chi connectivity index (χ3n) is 3.82. The third-order valence-corrected chi connectivity index (χ3v) is 3.82. The van der Waals surface area contributed by atoms with Crippen molar-refractivity contribution in [2.75, 3.05) is 5.32 Å². The molecule has 5 nitrogen and oxygen atoms in total. The summed E-state index contributed by atoms with van der Waals surface area (Å²) in [7, 11) is 1.67.